The summed E-state index contributed by atoms with van der Waals surface area (Å²) in [5.74, 6) is 2.29. The van der Waals surface area contributed by atoms with Gasteiger partial charge in [-0.15, -0.1) is 0 Å². The van der Waals surface area contributed by atoms with Crippen LogP contribution in [-0.4, -0.2) is 64.2 Å². The highest BCUT2D eigenvalue weighted by Gasteiger charge is 2.27. The van der Waals surface area contributed by atoms with Gasteiger partial charge in [-0.3, -0.25) is 4.79 Å². The molecule has 0 saturated carbocycles. The molecule has 1 atom stereocenters. The van der Waals surface area contributed by atoms with E-state index in [4.69, 9.17) is 18.9 Å². The predicted octanol–water partition coefficient (Wildman–Crippen LogP) is 3.25. The van der Waals surface area contributed by atoms with Crippen LogP contribution in [-0.2, 0) is 6.54 Å². The highest BCUT2D eigenvalue weighted by atomic mass is 16.6. The van der Waals surface area contributed by atoms with E-state index >= 15 is 0 Å². The summed E-state index contributed by atoms with van der Waals surface area (Å²) < 4.78 is 25.0. The number of carbonyl (C=O) groups excluding carboxylic acids is 1. The standard InChI is InChI=1S/C26H25N5O5/c1-33-20-8-16(9-21-24(20)36-22(14-35-21)17-4-5-23(34-2)27-11-17)13-31-15-29-19-10-18(12-28-25(19)31)26(32)30-6-3-7-30/h4-5,8-12,15,22H,3,6-7,13-14H2,1-2H3. The highest BCUT2D eigenvalue weighted by molar-refractivity contribution is 5.96. The molecular formula is C26H25N5O5. The van der Waals surface area contributed by atoms with E-state index in [1.54, 1.807) is 45.1 Å². The van der Waals surface area contributed by atoms with Crippen molar-refractivity contribution in [3.63, 3.8) is 0 Å². The molecule has 10 nitrogen and oxygen atoms in total. The van der Waals surface area contributed by atoms with Crippen LogP contribution in [0.1, 0.15) is 34.0 Å². The van der Waals surface area contributed by atoms with Crippen LogP contribution in [0.5, 0.6) is 23.1 Å². The molecule has 1 aromatic carbocycles. The minimum atomic E-state index is -0.314. The second kappa shape index (κ2) is 9.03. The maximum Gasteiger partial charge on any atom is 0.255 e. The number of fused-ring (bicyclic) bond motifs is 2. The summed E-state index contributed by atoms with van der Waals surface area (Å²) in [6, 6.07) is 9.36. The lowest BCUT2D eigenvalue weighted by Crippen LogP contribution is -2.42. The molecule has 0 spiro atoms. The van der Waals surface area contributed by atoms with E-state index in [1.165, 1.54) is 0 Å². The molecule has 3 aromatic heterocycles. The molecule has 1 fully saturated rings. The Balaban J connectivity index is 1.24. The number of amides is 1. The smallest absolute Gasteiger partial charge is 0.255 e. The van der Waals surface area contributed by atoms with Crippen molar-refractivity contribution in [2.45, 2.75) is 19.1 Å². The van der Waals surface area contributed by atoms with E-state index in [9.17, 15) is 4.79 Å². The van der Waals surface area contributed by atoms with Crippen molar-refractivity contribution >= 4 is 17.1 Å². The molecule has 0 radical (unpaired) electrons. The Morgan fingerprint density at radius 1 is 1.08 bits per heavy atom. The third kappa shape index (κ3) is 3.94. The van der Waals surface area contributed by atoms with Crippen molar-refractivity contribution in [3.05, 3.63) is 65.7 Å². The van der Waals surface area contributed by atoms with Gasteiger partial charge in [-0.1, -0.05) is 0 Å². The van der Waals surface area contributed by atoms with E-state index < -0.39 is 0 Å². The summed E-state index contributed by atoms with van der Waals surface area (Å²) in [5.41, 5.74) is 3.78. The molecule has 0 N–H and O–H groups in total. The van der Waals surface area contributed by atoms with Crippen molar-refractivity contribution in [2.75, 3.05) is 33.9 Å². The second-order valence-corrected chi connectivity index (χ2v) is 8.76. The van der Waals surface area contributed by atoms with E-state index in [0.717, 1.165) is 30.6 Å². The molecular weight excluding hydrogens is 462 g/mol. The Morgan fingerprint density at radius 3 is 2.69 bits per heavy atom. The molecule has 1 unspecified atom stereocenters. The normalized spacial score (nSPS) is 16.5. The molecule has 2 aliphatic rings. The molecule has 5 heterocycles. The van der Waals surface area contributed by atoms with Gasteiger partial charge in [0, 0.05) is 37.1 Å². The molecule has 1 amide bonds. The molecule has 10 heteroatoms. The van der Waals surface area contributed by atoms with Gasteiger partial charge in [-0.05, 0) is 36.2 Å². The average molecular weight is 488 g/mol. The maximum atomic E-state index is 12.5. The predicted molar refractivity (Wildman–Crippen MR) is 130 cm³/mol. The van der Waals surface area contributed by atoms with E-state index in [0.29, 0.717) is 53.0 Å². The van der Waals surface area contributed by atoms with E-state index in [-0.39, 0.29) is 12.0 Å². The quantitative estimate of drug-likeness (QED) is 0.409. The van der Waals surface area contributed by atoms with Gasteiger partial charge in [0.1, 0.15) is 12.1 Å². The van der Waals surface area contributed by atoms with Gasteiger partial charge in [0.15, 0.2) is 23.3 Å². The van der Waals surface area contributed by atoms with E-state index in [2.05, 4.69) is 15.0 Å². The summed E-state index contributed by atoms with van der Waals surface area (Å²) >= 11 is 0. The van der Waals surface area contributed by atoms with Gasteiger partial charge < -0.3 is 28.4 Å². The number of hydrogen-bond acceptors (Lipinski definition) is 8. The first-order chi connectivity index (χ1) is 17.6. The van der Waals surface area contributed by atoms with Crippen molar-refractivity contribution in [3.8, 4) is 23.1 Å². The maximum absolute atomic E-state index is 12.5. The largest absolute Gasteiger partial charge is 0.493 e. The lowest BCUT2D eigenvalue weighted by molar-refractivity contribution is 0.0651. The summed E-state index contributed by atoms with van der Waals surface area (Å²) in [7, 11) is 3.18. The zero-order valence-electron chi connectivity index (χ0n) is 20.0. The van der Waals surface area contributed by atoms with Crippen molar-refractivity contribution < 1.29 is 23.7 Å². The SMILES string of the molecule is COc1ccc(C2COc3cc(Cn4cnc5cc(C(=O)N6CCC6)cnc54)cc(OC)c3O2)cn1. The number of rotatable bonds is 6. The van der Waals surface area contributed by atoms with Gasteiger partial charge >= 0.3 is 0 Å². The molecule has 184 valence electrons. The summed E-state index contributed by atoms with van der Waals surface area (Å²) in [5, 5.41) is 0. The summed E-state index contributed by atoms with van der Waals surface area (Å²) in [4.78, 5) is 27.6. The van der Waals surface area contributed by atoms with Gasteiger partial charge in [0.25, 0.3) is 5.91 Å². The van der Waals surface area contributed by atoms with Gasteiger partial charge in [0.05, 0.1) is 32.7 Å². The van der Waals surface area contributed by atoms with Crippen molar-refractivity contribution in [2.24, 2.45) is 0 Å². The number of ether oxygens (including phenoxy) is 4. The number of pyridine rings is 2. The fourth-order valence-corrected chi connectivity index (χ4v) is 4.39. The lowest BCUT2D eigenvalue weighted by atomic mass is 10.1. The van der Waals surface area contributed by atoms with Crippen LogP contribution in [0.15, 0.2) is 49.1 Å². The number of aromatic nitrogens is 4. The molecule has 4 aromatic rings. The Hall–Kier alpha value is -4.34. The van der Waals surface area contributed by atoms with Crippen LogP contribution >= 0.6 is 0 Å². The van der Waals surface area contributed by atoms with Crippen LogP contribution in [0.25, 0.3) is 11.2 Å². The first-order valence-electron chi connectivity index (χ1n) is 11.7. The van der Waals surface area contributed by atoms with Gasteiger partial charge in [0.2, 0.25) is 11.6 Å². The average Bonchev–Trinajstić information content (AvgIpc) is 3.28. The van der Waals surface area contributed by atoms with Crippen LogP contribution < -0.4 is 18.9 Å². The third-order valence-electron chi connectivity index (χ3n) is 6.49. The fourth-order valence-electron chi connectivity index (χ4n) is 4.39. The van der Waals surface area contributed by atoms with Gasteiger partial charge in [-0.2, -0.15) is 0 Å². The molecule has 6 rings (SSSR count). The number of hydrogen-bond donors (Lipinski definition) is 0. The summed E-state index contributed by atoms with van der Waals surface area (Å²) in [6.45, 7) is 2.45. The lowest BCUT2D eigenvalue weighted by Gasteiger charge is -2.30. The molecule has 1 saturated heterocycles. The minimum Gasteiger partial charge on any atom is -0.493 e. The van der Waals surface area contributed by atoms with Crippen LogP contribution in [0, 0.1) is 0 Å². The first-order valence-corrected chi connectivity index (χ1v) is 11.7. The van der Waals surface area contributed by atoms with Gasteiger partial charge in [-0.25, -0.2) is 15.0 Å². The number of likely N-dealkylation sites (tertiary alicyclic amines) is 1. The fraction of sp³-hybridized carbons (Fsp3) is 0.308. The monoisotopic (exact) mass is 487 g/mol. The minimum absolute atomic E-state index is 0.00509. The van der Waals surface area contributed by atoms with Crippen LogP contribution in [0.4, 0.5) is 0 Å². The Bertz CT molecular complexity index is 1410. The first kappa shape index (κ1) is 22.1. The van der Waals surface area contributed by atoms with Crippen LogP contribution in [0.3, 0.4) is 0 Å². The number of benzene rings is 1. The second-order valence-electron chi connectivity index (χ2n) is 8.76. The zero-order valence-corrected chi connectivity index (χ0v) is 20.0. The molecule has 0 bridgehead atoms. The Morgan fingerprint density at radius 2 is 1.97 bits per heavy atom. The third-order valence-corrected chi connectivity index (χ3v) is 6.49. The molecule has 0 aliphatic carbocycles. The Kier molecular flexibility index (Phi) is 5.55. The number of nitrogens with zero attached hydrogens (tertiary/aromatic N) is 5. The highest BCUT2D eigenvalue weighted by Crippen LogP contribution is 2.44. The molecule has 2 aliphatic heterocycles. The number of carbonyl (C=O) groups is 1. The molecule has 36 heavy (non-hydrogen) atoms. The Labute approximate surface area is 207 Å². The number of methoxy groups -OCH3 is 2. The van der Waals surface area contributed by atoms with Crippen molar-refractivity contribution in [1.82, 2.24) is 24.4 Å². The summed E-state index contributed by atoms with van der Waals surface area (Å²) in [6.07, 6.45) is 5.81. The topological polar surface area (TPSA) is 101 Å². The zero-order chi connectivity index (χ0) is 24.6. The van der Waals surface area contributed by atoms with Crippen LogP contribution in [0.2, 0.25) is 0 Å². The van der Waals surface area contributed by atoms with E-state index in [1.807, 2.05) is 27.7 Å². The number of imidazole rings is 1. The van der Waals surface area contributed by atoms with Crippen molar-refractivity contribution in [1.29, 1.82) is 0 Å².